The van der Waals surface area contributed by atoms with E-state index in [-0.39, 0.29) is 6.54 Å². The SMILES string of the molecule is Cc1ccc(-n2nccc2NC(=O)NCc2cc(F)ccc2Oc2ccc3c(C)noc3c2)cc1. The summed E-state index contributed by atoms with van der Waals surface area (Å²) in [7, 11) is 0. The van der Waals surface area contributed by atoms with E-state index < -0.39 is 11.8 Å². The van der Waals surface area contributed by atoms with Crippen molar-refractivity contribution in [2.24, 2.45) is 0 Å². The number of carbonyl (C=O) groups is 1. The van der Waals surface area contributed by atoms with E-state index in [0.717, 1.165) is 22.3 Å². The van der Waals surface area contributed by atoms with Gasteiger partial charge in [0.2, 0.25) is 0 Å². The Morgan fingerprint density at radius 3 is 2.71 bits per heavy atom. The Balaban J connectivity index is 1.28. The van der Waals surface area contributed by atoms with Gasteiger partial charge in [-0.1, -0.05) is 22.9 Å². The average molecular weight is 471 g/mol. The van der Waals surface area contributed by atoms with Crippen LogP contribution in [0.3, 0.4) is 0 Å². The predicted molar refractivity (Wildman–Crippen MR) is 129 cm³/mol. The van der Waals surface area contributed by atoms with Gasteiger partial charge in [0, 0.05) is 29.6 Å². The second kappa shape index (κ2) is 9.30. The third kappa shape index (κ3) is 4.84. The summed E-state index contributed by atoms with van der Waals surface area (Å²) in [6, 6.07) is 18.5. The minimum atomic E-state index is -0.465. The van der Waals surface area contributed by atoms with Gasteiger partial charge >= 0.3 is 6.03 Å². The van der Waals surface area contributed by atoms with Crippen LogP contribution in [0.4, 0.5) is 15.0 Å². The summed E-state index contributed by atoms with van der Waals surface area (Å²) in [6.07, 6.45) is 1.60. The number of fused-ring (bicyclic) bond motifs is 1. The van der Waals surface area contributed by atoms with Gasteiger partial charge in [-0.25, -0.2) is 13.9 Å². The lowest BCUT2D eigenvalue weighted by Crippen LogP contribution is -2.29. The van der Waals surface area contributed by atoms with Crippen molar-refractivity contribution in [3.8, 4) is 17.2 Å². The highest BCUT2D eigenvalue weighted by atomic mass is 19.1. The lowest BCUT2D eigenvalue weighted by atomic mass is 10.2. The Morgan fingerprint density at radius 1 is 1.06 bits per heavy atom. The first-order valence-electron chi connectivity index (χ1n) is 10.9. The smallest absolute Gasteiger partial charge is 0.320 e. The van der Waals surface area contributed by atoms with Gasteiger partial charge in [-0.2, -0.15) is 5.10 Å². The molecule has 0 aliphatic heterocycles. The molecule has 2 N–H and O–H groups in total. The fraction of sp³-hybridized carbons (Fsp3) is 0.115. The molecule has 0 aliphatic rings. The average Bonchev–Trinajstić information content (AvgIpc) is 3.46. The fourth-order valence-electron chi connectivity index (χ4n) is 3.65. The maximum absolute atomic E-state index is 14.0. The van der Waals surface area contributed by atoms with Crippen LogP contribution in [0.25, 0.3) is 16.7 Å². The molecule has 9 heteroatoms. The van der Waals surface area contributed by atoms with E-state index in [9.17, 15) is 9.18 Å². The third-order valence-electron chi connectivity index (χ3n) is 5.48. The van der Waals surface area contributed by atoms with Crippen LogP contribution in [0.1, 0.15) is 16.8 Å². The lowest BCUT2D eigenvalue weighted by molar-refractivity contribution is 0.251. The second-order valence-electron chi connectivity index (χ2n) is 8.05. The van der Waals surface area contributed by atoms with E-state index in [4.69, 9.17) is 9.26 Å². The van der Waals surface area contributed by atoms with E-state index in [2.05, 4.69) is 20.9 Å². The number of amides is 2. The fourth-order valence-corrected chi connectivity index (χ4v) is 3.65. The number of nitrogens with one attached hydrogen (secondary N) is 2. The molecule has 0 bridgehead atoms. The standard InChI is InChI=1S/C26H22FN5O3/c1-16-3-6-20(7-4-16)32-25(11-12-29-32)30-26(33)28-15-18-13-19(27)5-10-23(18)34-21-8-9-22-17(2)31-35-24(22)14-21/h3-14H,15H2,1-2H3,(H2,28,30,33). The number of benzene rings is 3. The molecule has 0 spiro atoms. The Morgan fingerprint density at radius 2 is 1.89 bits per heavy atom. The van der Waals surface area contributed by atoms with Gasteiger partial charge in [-0.05, 0) is 56.3 Å². The first-order valence-corrected chi connectivity index (χ1v) is 10.9. The second-order valence-corrected chi connectivity index (χ2v) is 8.05. The molecular weight excluding hydrogens is 449 g/mol. The summed E-state index contributed by atoms with van der Waals surface area (Å²) in [5.41, 5.74) is 3.79. The van der Waals surface area contributed by atoms with Crippen molar-refractivity contribution in [3.05, 3.63) is 95.6 Å². The minimum absolute atomic E-state index is 0.0429. The summed E-state index contributed by atoms with van der Waals surface area (Å²) >= 11 is 0. The Labute approximate surface area is 200 Å². The molecule has 3 aromatic carbocycles. The van der Waals surface area contributed by atoms with E-state index in [1.165, 1.54) is 18.2 Å². The number of rotatable bonds is 6. The normalized spacial score (nSPS) is 10.9. The van der Waals surface area contributed by atoms with Crippen molar-refractivity contribution in [1.82, 2.24) is 20.3 Å². The van der Waals surface area contributed by atoms with E-state index in [1.807, 2.05) is 44.2 Å². The molecule has 0 atom stereocenters. The van der Waals surface area contributed by atoms with Crippen molar-refractivity contribution >= 4 is 22.8 Å². The molecule has 0 radical (unpaired) electrons. The van der Waals surface area contributed by atoms with Gasteiger partial charge < -0.3 is 14.6 Å². The monoisotopic (exact) mass is 471 g/mol. The summed E-state index contributed by atoms with van der Waals surface area (Å²) < 4.78 is 26.9. The van der Waals surface area contributed by atoms with E-state index in [1.54, 1.807) is 29.1 Å². The zero-order chi connectivity index (χ0) is 24.4. The number of hydrogen-bond acceptors (Lipinski definition) is 5. The molecule has 2 heterocycles. The molecule has 8 nitrogen and oxygen atoms in total. The van der Waals surface area contributed by atoms with Crippen LogP contribution in [-0.4, -0.2) is 21.0 Å². The Kier molecular flexibility index (Phi) is 5.88. The number of nitrogens with zero attached hydrogens (tertiary/aromatic N) is 3. The van der Waals surface area contributed by atoms with Gasteiger partial charge in [0.25, 0.3) is 0 Å². The molecule has 2 aromatic heterocycles. The van der Waals surface area contributed by atoms with Crippen LogP contribution < -0.4 is 15.4 Å². The molecule has 2 amide bonds. The number of carbonyl (C=O) groups excluding carboxylic acids is 1. The van der Waals surface area contributed by atoms with Gasteiger partial charge in [0.1, 0.15) is 23.1 Å². The first-order chi connectivity index (χ1) is 17.0. The highest BCUT2D eigenvalue weighted by molar-refractivity contribution is 5.88. The van der Waals surface area contributed by atoms with Crippen molar-refractivity contribution in [2.75, 3.05) is 5.32 Å². The molecule has 5 aromatic rings. The number of aryl methyl sites for hydroxylation is 2. The molecule has 176 valence electrons. The van der Waals surface area contributed by atoms with Crippen molar-refractivity contribution in [3.63, 3.8) is 0 Å². The Hall–Kier alpha value is -4.66. The molecule has 35 heavy (non-hydrogen) atoms. The van der Waals surface area contributed by atoms with Crippen LogP contribution in [0.5, 0.6) is 11.5 Å². The molecule has 0 saturated heterocycles. The van der Waals surface area contributed by atoms with E-state index >= 15 is 0 Å². The minimum Gasteiger partial charge on any atom is -0.457 e. The van der Waals surface area contributed by atoms with Crippen LogP contribution >= 0.6 is 0 Å². The van der Waals surface area contributed by atoms with Crippen LogP contribution in [-0.2, 0) is 6.54 Å². The highest BCUT2D eigenvalue weighted by Crippen LogP contribution is 2.29. The molecule has 0 aliphatic carbocycles. The summed E-state index contributed by atoms with van der Waals surface area (Å²) in [6.45, 7) is 3.90. The Bertz CT molecular complexity index is 1510. The van der Waals surface area contributed by atoms with Gasteiger partial charge in [-0.15, -0.1) is 0 Å². The number of urea groups is 1. The largest absolute Gasteiger partial charge is 0.457 e. The van der Waals surface area contributed by atoms with Gasteiger partial charge in [0.15, 0.2) is 5.58 Å². The maximum atomic E-state index is 14.0. The van der Waals surface area contributed by atoms with Gasteiger partial charge in [0.05, 0.1) is 17.6 Å². The topological polar surface area (TPSA) is 94.2 Å². The summed E-state index contributed by atoms with van der Waals surface area (Å²) in [4.78, 5) is 12.6. The number of aromatic nitrogens is 3. The van der Waals surface area contributed by atoms with Crippen LogP contribution in [0.2, 0.25) is 0 Å². The highest BCUT2D eigenvalue weighted by Gasteiger charge is 2.13. The molecule has 0 saturated carbocycles. The summed E-state index contributed by atoms with van der Waals surface area (Å²) in [5, 5.41) is 14.6. The summed E-state index contributed by atoms with van der Waals surface area (Å²) in [5.74, 6) is 0.978. The number of ether oxygens (including phenoxy) is 1. The molecule has 0 unspecified atom stereocenters. The predicted octanol–water partition coefficient (Wildman–Crippen LogP) is 5.88. The van der Waals surface area contributed by atoms with Gasteiger partial charge in [-0.3, -0.25) is 5.32 Å². The first kappa shape index (κ1) is 22.1. The third-order valence-corrected chi connectivity index (χ3v) is 5.48. The van der Waals surface area contributed by atoms with Crippen molar-refractivity contribution in [1.29, 1.82) is 0 Å². The quantitative estimate of drug-likeness (QED) is 0.322. The van der Waals surface area contributed by atoms with Crippen LogP contribution in [0, 0.1) is 19.7 Å². The zero-order valence-corrected chi connectivity index (χ0v) is 19.1. The van der Waals surface area contributed by atoms with Crippen molar-refractivity contribution < 1.29 is 18.4 Å². The molecular formula is C26H22FN5O3. The number of anilines is 1. The molecule has 5 rings (SSSR count). The number of hydrogen-bond donors (Lipinski definition) is 2. The number of halogens is 1. The lowest BCUT2D eigenvalue weighted by Gasteiger charge is -2.13. The van der Waals surface area contributed by atoms with Crippen molar-refractivity contribution in [2.45, 2.75) is 20.4 Å². The maximum Gasteiger partial charge on any atom is 0.320 e. The zero-order valence-electron chi connectivity index (χ0n) is 19.1. The van der Waals surface area contributed by atoms with E-state index in [0.29, 0.717) is 28.5 Å². The molecule has 0 fully saturated rings. The van der Waals surface area contributed by atoms with Crippen LogP contribution in [0.15, 0.2) is 77.4 Å².